The molecule has 1 aliphatic heterocycles. The lowest BCUT2D eigenvalue weighted by molar-refractivity contribution is 0.103. The molecule has 0 bridgehead atoms. The molecule has 2 N–H and O–H groups in total. The predicted molar refractivity (Wildman–Crippen MR) is 73.6 cm³/mol. The fourth-order valence-corrected chi connectivity index (χ4v) is 3.97. The molecule has 2 aliphatic rings. The van der Waals surface area contributed by atoms with E-state index in [-0.39, 0.29) is 16.4 Å². The maximum Gasteiger partial charge on any atom is 0.283 e. The lowest BCUT2D eigenvalue weighted by Crippen LogP contribution is -2.21. The fraction of sp³-hybridized carbons (Fsp3) is 0. The van der Waals surface area contributed by atoms with Gasteiger partial charge in [-0.25, -0.2) is 0 Å². The number of carbonyl (C=O) groups excluding carboxylic acids is 1. The molecule has 0 amide bonds. The van der Waals surface area contributed by atoms with Crippen molar-refractivity contribution in [1.82, 2.24) is 0 Å². The van der Waals surface area contributed by atoms with Crippen molar-refractivity contribution in [1.29, 1.82) is 0 Å². The quantitative estimate of drug-likeness (QED) is 0.631. The van der Waals surface area contributed by atoms with Gasteiger partial charge in [-0.2, -0.15) is 12.8 Å². The van der Waals surface area contributed by atoms with Crippen molar-refractivity contribution in [2.75, 3.05) is 5.73 Å². The molecular formula is C14H8N2O3S. The van der Waals surface area contributed by atoms with Gasteiger partial charge in [-0.1, -0.05) is 24.3 Å². The molecule has 2 aromatic carbocycles. The van der Waals surface area contributed by atoms with Crippen LogP contribution in [0, 0.1) is 0 Å². The summed E-state index contributed by atoms with van der Waals surface area (Å²) in [6, 6.07) is 9.57. The summed E-state index contributed by atoms with van der Waals surface area (Å²) in [5.74, 6) is -0.222. The zero-order chi connectivity index (χ0) is 14.1. The Morgan fingerprint density at radius 2 is 1.60 bits per heavy atom. The number of nitrogens with two attached hydrogens (primary N) is 1. The molecule has 1 aliphatic carbocycles. The molecular weight excluding hydrogens is 276 g/mol. The summed E-state index contributed by atoms with van der Waals surface area (Å²) in [6.45, 7) is 0. The first-order valence-electron chi connectivity index (χ1n) is 5.92. The molecule has 0 saturated heterocycles. The van der Waals surface area contributed by atoms with Gasteiger partial charge in [-0.05, 0) is 12.1 Å². The molecule has 5 nitrogen and oxygen atoms in total. The minimum Gasteiger partial charge on any atom is -0.398 e. The number of nitrogens with zero attached hydrogens (tertiary/aromatic N) is 1. The lowest BCUT2D eigenvalue weighted by atomic mass is 9.83. The number of rotatable bonds is 0. The first kappa shape index (κ1) is 11.4. The first-order chi connectivity index (χ1) is 9.50. The number of fused-ring (bicyclic) bond motifs is 2. The minimum absolute atomic E-state index is 0.0762. The number of nitrogen functional groups attached to an aromatic ring is 1. The van der Waals surface area contributed by atoms with Gasteiger partial charge in [-0.15, -0.1) is 0 Å². The highest BCUT2D eigenvalue weighted by Gasteiger charge is 2.39. The standard InChI is InChI=1S/C14H8N2O3S/c15-9-5-1-3-7-11(9)13-12-8(14(7)17)4-2-6-10(12)20(18,19)16-13/h1-6H,15H2. The lowest BCUT2D eigenvalue weighted by Gasteiger charge is -2.19. The highest BCUT2D eigenvalue weighted by molar-refractivity contribution is 7.90. The molecule has 0 aromatic heterocycles. The van der Waals surface area contributed by atoms with Crippen LogP contribution >= 0.6 is 0 Å². The number of sulfonamides is 1. The van der Waals surface area contributed by atoms with E-state index in [4.69, 9.17) is 5.73 Å². The average molecular weight is 284 g/mol. The van der Waals surface area contributed by atoms with E-state index >= 15 is 0 Å². The third-order valence-corrected chi connectivity index (χ3v) is 4.89. The Kier molecular flexibility index (Phi) is 1.90. The van der Waals surface area contributed by atoms with E-state index in [2.05, 4.69) is 4.40 Å². The maximum absolute atomic E-state index is 12.5. The Labute approximate surface area is 114 Å². The summed E-state index contributed by atoms with van der Waals surface area (Å²) >= 11 is 0. The van der Waals surface area contributed by atoms with Crippen LogP contribution in [0.25, 0.3) is 0 Å². The monoisotopic (exact) mass is 284 g/mol. The summed E-state index contributed by atoms with van der Waals surface area (Å²) in [5, 5.41) is 0. The van der Waals surface area contributed by atoms with Crippen LogP contribution in [-0.4, -0.2) is 19.9 Å². The van der Waals surface area contributed by atoms with Crippen molar-refractivity contribution in [3.63, 3.8) is 0 Å². The van der Waals surface area contributed by atoms with E-state index in [0.29, 0.717) is 27.9 Å². The number of benzene rings is 2. The largest absolute Gasteiger partial charge is 0.398 e. The van der Waals surface area contributed by atoms with Gasteiger partial charge in [0.1, 0.15) is 0 Å². The summed E-state index contributed by atoms with van der Waals surface area (Å²) in [6.07, 6.45) is 0. The number of hydrogen-bond donors (Lipinski definition) is 1. The van der Waals surface area contributed by atoms with Crippen molar-refractivity contribution in [3.8, 4) is 0 Å². The Bertz CT molecular complexity index is 943. The van der Waals surface area contributed by atoms with E-state index in [0.717, 1.165) is 0 Å². The summed E-state index contributed by atoms with van der Waals surface area (Å²) < 4.78 is 28.0. The summed E-state index contributed by atoms with van der Waals surface area (Å²) in [5.41, 5.74) is 8.09. The molecule has 4 rings (SSSR count). The van der Waals surface area contributed by atoms with Crippen LogP contribution in [0.2, 0.25) is 0 Å². The van der Waals surface area contributed by atoms with E-state index in [1.807, 2.05) is 0 Å². The normalized spacial score (nSPS) is 17.4. The Morgan fingerprint density at radius 1 is 0.950 bits per heavy atom. The third kappa shape index (κ3) is 1.19. The number of ketones is 1. The van der Waals surface area contributed by atoms with Gasteiger partial charge in [0.25, 0.3) is 10.0 Å². The van der Waals surface area contributed by atoms with Gasteiger partial charge in [0, 0.05) is 27.9 Å². The van der Waals surface area contributed by atoms with Gasteiger partial charge in [0.2, 0.25) is 0 Å². The summed E-state index contributed by atoms with van der Waals surface area (Å²) in [7, 11) is -3.75. The van der Waals surface area contributed by atoms with Crippen molar-refractivity contribution < 1.29 is 13.2 Å². The molecule has 0 spiro atoms. The molecule has 0 saturated carbocycles. The third-order valence-electron chi connectivity index (χ3n) is 3.58. The maximum atomic E-state index is 12.5. The Balaban J connectivity index is 2.24. The van der Waals surface area contributed by atoms with Gasteiger partial charge in [-0.3, -0.25) is 4.79 Å². The molecule has 0 radical (unpaired) electrons. The molecule has 2 aromatic rings. The SMILES string of the molecule is Nc1cccc2c1C1=NS(=O)(=O)c3cccc(c31)C2=O. The van der Waals surface area contributed by atoms with Crippen LogP contribution in [-0.2, 0) is 10.0 Å². The topological polar surface area (TPSA) is 89.6 Å². The highest BCUT2D eigenvalue weighted by atomic mass is 32.2. The van der Waals surface area contributed by atoms with Crippen LogP contribution in [0.4, 0.5) is 5.69 Å². The van der Waals surface area contributed by atoms with Crippen LogP contribution < -0.4 is 5.73 Å². The van der Waals surface area contributed by atoms with Crippen molar-refractivity contribution >= 4 is 27.2 Å². The summed E-state index contributed by atoms with van der Waals surface area (Å²) in [4.78, 5) is 12.6. The van der Waals surface area contributed by atoms with Gasteiger partial charge in [0.15, 0.2) is 5.78 Å². The second-order valence-electron chi connectivity index (χ2n) is 4.69. The Hall–Kier alpha value is -2.47. The molecule has 20 heavy (non-hydrogen) atoms. The van der Waals surface area contributed by atoms with E-state index < -0.39 is 10.0 Å². The van der Waals surface area contributed by atoms with Crippen LogP contribution in [0.15, 0.2) is 45.7 Å². The van der Waals surface area contributed by atoms with Crippen LogP contribution in [0.1, 0.15) is 27.0 Å². The van der Waals surface area contributed by atoms with Crippen LogP contribution in [0.3, 0.4) is 0 Å². The molecule has 6 heteroatoms. The van der Waals surface area contributed by atoms with Gasteiger partial charge >= 0.3 is 0 Å². The zero-order valence-corrected chi connectivity index (χ0v) is 10.9. The molecule has 98 valence electrons. The first-order valence-corrected chi connectivity index (χ1v) is 7.36. The number of hydrogen-bond acceptors (Lipinski definition) is 4. The van der Waals surface area contributed by atoms with Crippen LogP contribution in [0.5, 0.6) is 0 Å². The van der Waals surface area contributed by atoms with E-state index in [1.165, 1.54) is 6.07 Å². The molecule has 0 atom stereocenters. The minimum atomic E-state index is -3.75. The van der Waals surface area contributed by atoms with Crippen molar-refractivity contribution in [3.05, 3.63) is 58.7 Å². The van der Waals surface area contributed by atoms with Gasteiger partial charge in [0.05, 0.1) is 10.6 Å². The number of anilines is 1. The zero-order valence-electron chi connectivity index (χ0n) is 10.1. The predicted octanol–water partition coefficient (Wildman–Crippen LogP) is 1.35. The van der Waals surface area contributed by atoms with Crippen molar-refractivity contribution in [2.45, 2.75) is 4.90 Å². The molecule has 1 heterocycles. The fourth-order valence-electron chi connectivity index (χ4n) is 2.73. The molecule has 0 unspecified atom stereocenters. The molecule has 0 fully saturated rings. The average Bonchev–Trinajstić information content (AvgIpc) is 2.69. The highest BCUT2D eigenvalue weighted by Crippen LogP contribution is 2.39. The van der Waals surface area contributed by atoms with Gasteiger partial charge < -0.3 is 5.73 Å². The smallest absolute Gasteiger partial charge is 0.283 e. The second kappa shape index (κ2) is 3.34. The van der Waals surface area contributed by atoms with E-state index in [9.17, 15) is 13.2 Å². The number of carbonyl (C=O) groups is 1. The van der Waals surface area contributed by atoms with E-state index in [1.54, 1.807) is 30.3 Å². The van der Waals surface area contributed by atoms with Crippen molar-refractivity contribution in [2.24, 2.45) is 4.40 Å². The second-order valence-corrected chi connectivity index (χ2v) is 6.27. The Morgan fingerprint density at radius 3 is 2.35 bits per heavy atom.